The molecule has 0 atom stereocenters. The Balaban J connectivity index is 1.85. The molecule has 3 rings (SSSR count). The summed E-state index contributed by atoms with van der Waals surface area (Å²) in [4.78, 5) is 36.1. The van der Waals surface area contributed by atoms with Gasteiger partial charge >= 0.3 is 11.9 Å². The maximum atomic E-state index is 12.4. The van der Waals surface area contributed by atoms with Crippen LogP contribution in [0.3, 0.4) is 0 Å². The predicted octanol–water partition coefficient (Wildman–Crippen LogP) is 6.55. The number of aldehydes is 1. The van der Waals surface area contributed by atoms with Crippen LogP contribution in [0.2, 0.25) is 20.1 Å². The summed E-state index contributed by atoms with van der Waals surface area (Å²) in [7, 11) is 0. The highest BCUT2D eigenvalue weighted by Crippen LogP contribution is 2.28. The Labute approximate surface area is 191 Å². The molecule has 0 radical (unpaired) electrons. The lowest BCUT2D eigenvalue weighted by Gasteiger charge is -2.11. The van der Waals surface area contributed by atoms with E-state index in [0.717, 1.165) is 0 Å². The molecule has 0 heterocycles. The van der Waals surface area contributed by atoms with Crippen molar-refractivity contribution in [2.24, 2.45) is 0 Å². The van der Waals surface area contributed by atoms with E-state index in [0.29, 0.717) is 16.3 Å². The zero-order chi connectivity index (χ0) is 21.8. The van der Waals surface area contributed by atoms with Crippen LogP contribution in [0.25, 0.3) is 0 Å². The highest BCUT2D eigenvalue weighted by Gasteiger charge is 2.18. The van der Waals surface area contributed by atoms with E-state index < -0.39 is 11.9 Å². The van der Waals surface area contributed by atoms with Gasteiger partial charge in [-0.2, -0.15) is 0 Å². The van der Waals surface area contributed by atoms with Crippen molar-refractivity contribution in [3.8, 4) is 11.5 Å². The normalized spacial score (nSPS) is 10.4. The van der Waals surface area contributed by atoms with E-state index in [1.54, 1.807) is 0 Å². The Morgan fingerprint density at radius 3 is 1.73 bits per heavy atom. The van der Waals surface area contributed by atoms with Gasteiger partial charge in [0.2, 0.25) is 0 Å². The minimum atomic E-state index is -0.816. The van der Waals surface area contributed by atoms with E-state index in [1.807, 2.05) is 0 Å². The number of benzene rings is 3. The number of halogens is 4. The van der Waals surface area contributed by atoms with Gasteiger partial charge in [0.05, 0.1) is 26.7 Å². The molecule has 0 spiro atoms. The molecule has 152 valence electrons. The van der Waals surface area contributed by atoms with E-state index in [4.69, 9.17) is 55.9 Å². The fourth-order valence-corrected chi connectivity index (χ4v) is 3.36. The summed E-state index contributed by atoms with van der Waals surface area (Å²) in [5.41, 5.74) is 0.207. The second-order valence-corrected chi connectivity index (χ2v) is 7.53. The van der Waals surface area contributed by atoms with E-state index in [9.17, 15) is 14.4 Å². The van der Waals surface area contributed by atoms with Crippen molar-refractivity contribution >= 4 is 64.6 Å². The quantitative estimate of drug-likeness (QED) is 0.234. The lowest BCUT2D eigenvalue weighted by atomic mass is 10.2. The lowest BCUT2D eigenvalue weighted by Crippen LogP contribution is -2.12. The Kier molecular flexibility index (Phi) is 7.00. The van der Waals surface area contributed by atoms with Gasteiger partial charge in [-0.05, 0) is 48.5 Å². The Morgan fingerprint density at radius 2 is 1.23 bits per heavy atom. The SMILES string of the molecule is O=Cc1ccc(OC(=O)c2ccc(Cl)cc2Cl)cc1OC(=O)c1ccc(Cl)cc1Cl. The van der Waals surface area contributed by atoms with Crippen molar-refractivity contribution < 1.29 is 23.9 Å². The van der Waals surface area contributed by atoms with Gasteiger partial charge in [-0.15, -0.1) is 0 Å². The van der Waals surface area contributed by atoms with Crippen LogP contribution in [0.15, 0.2) is 54.6 Å². The van der Waals surface area contributed by atoms with Gasteiger partial charge < -0.3 is 9.47 Å². The first-order valence-corrected chi connectivity index (χ1v) is 9.73. The fourth-order valence-electron chi connectivity index (χ4n) is 2.39. The van der Waals surface area contributed by atoms with Crippen LogP contribution >= 0.6 is 46.4 Å². The number of rotatable bonds is 5. The largest absolute Gasteiger partial charge is 0.423 e. The van der Waals surface area contributed by atoms with Gasteiger partial charge in [-0.3, -0.25) is 4.79 Å². The summed E-state index contributed by atoms with van der Waals surface area (Å²) in [5.74, 6) is -1.66. The van der Waals surface area contributed by atoms with Crippen LogP contribution in [0, 0.1) is 0 Å². The molecule has 3 aromatic rings. The van der Waals surface area contributed by atoms with Crippen LogP contribution in [0.5, 0.6) is 11.5 Å². The molecule has 0 aliphatic carbocycles. The third-order valence-corrected chi connectivity index (χ3v) is 4.92. The van der Waals surface area contributed by atoms with Crippen LogP contribution in [-0.4, -0.2) is 18.2 Å². The van der Waals surface area contributed by atoms with Gasteiger partial charge in [0, 0.05) is 16.1 Å². The number of carbonyl (C=O) groups is 3. The van der Waals surface area contributed by atoms with E-state index in [2.05, 4.69) is 0 Å². The highest BCUT2D eigenvalue weighted by molar-refractivity contribution is 6.37. The molecular formula is C21H10Cl4O5. The van der Waals surface area contributed by atoms with Gasteiger partial charge in [-0.1, -0.05) is 46.4 Å². The molecule has 0 unspecified atom stereocenters. The molecule has 0 saturated heterocycles. The number of hydrogen-bond acceptors (Lipinski definition) is 5. The average molecular weight is 484 g/mol. The molecule has 3 aromatic carbocycles. The second kappa shape index (κ2) is 9.49. The first-order chi connectivity index (χ1) is 14.3. The second-order valence-electron chi connectivity index (χ2n) is 5.84. The summed E-state index contributed by atoms with van der Waals surface area (Å²) in [6, 6.07) is 12.5. The number of esters is 2. The Hall–Kier alpha value is -2.57. The van der Waals surface area contributed by atoms with Gasteiger partial charge in [0.15, 0.2) is 6.29 Å². The van der Waals surface area contributed by atoms with E-state index in [1.165, 1.54) is 54.6 Å². The monoisotopic (exact) mass is 482 g/mol. The number of hydrogen-bond donors (Lipinski definition) is 0. The standard InChI is InChI=1S/C21H10Cl4O5/c22-12-2-5-15(17(24)7-12)20(27)29-14-4-1-11(10-26)19(9-14)30-21(28)16-6-3-13(23)8-18(16)25/h1-10H. The maximum absolute atomic E-state index is 12.4. The van der Waals surface area contributed by atoms with Crippen molar-refractivity contribution in [1.82, 2.24) is 0 Å². The van der Waals surface area contributed by atoms with E-state index >= 15 is 0 Å². The van der Waals surface area contributed by atoms with Crippen LogP contribution in [0.1, 0.15) is 31.1 Å². The summed E-state index contributed by atoms with van der Waals surface area (Å²) in [5, 5.41) is 0.906. The predicted molar refractivity (Wildman–Crippen MR) is 115 cm³/mol. The molecule has 30 heavy (non-hydrogen) atoms. The minimum absolute atomic E-state index is 0.0293. The topological polar surface area (TPSA) is 69.7 Å². The average Bonchev–Trinajstić information content (AvgIpc) is 2.68. The van der Waals surface area contributed by atoms with Gasteiger partial charge in [0.1, 0.15) is 11.5 Å². The summed E-state index contributed by atoms with van der Waals surface area (Å²) in [6.07, 6.45) is 0.494. The highest BCUT2D eigenvalue weighted by atomic mass is 35.5. The van der Waals surface area contributed by atoms with Crippen molar-refractivity contribution in [3.05, 3.63) is 91.4 Å². The molecule has 5 nitrogen and oxygen atoms in total. The van der Waals surface area contributed by atoms with Crippen molar-refractivity contribution in [2.75, 3.05) is 0 Å². The summed E-state index contributed by atoms with van der Waals surface area (Å²) in [6.45, 7) is 0. The summed E-state index contributed by atoms with van der Waals surface area (Å²) >= 11 is 23.7. The van der Waals surface area contributed by atoms with Gasteiger partial charge in [0.25, 0.3) is 0 Å². The molecule has 0 aliphatic heterocycles. The van der Waals surface area contributed by atoms with Gasteiger partial charge in [-0.25, -0.2) is 9.59 Å². The zero-order valence-corrected chi connectivity index (χ0v) is 17.9. The smallest absolute Gasteiger partial charge is 0.345 e. The molecule has 0 saturated carbocycles. The molecule has 0 N–H and O–H groups in total. The van der Waals surface area contributed by atoms with Crippen LogP contribution in [0.4, 0.5) is 0 Å². The fraction of sp³-hybridized carbons (Fsp3) is 0. The third-order valence-electron chi connectivity index (χ3n) is 3.83. The third kappa shape index (κ3) is 5.12. The number of ether oxygens (including phenoxy) is 2. The van der Waals surface area contributed by atoms with Crippen LogP contribution in [-0.2, 0) is 0 Å². The first-order valence-electron chi connectivity index (χ1n) is 8.22. The lowest BCUT2D eigenvalue weighted by molar-refractivity contribution is 0.0732. The van der Waals surface area contributed by atoms with Crippen molar-refractivity contribution in [3.63, 3.8) is 0 Å². The Morgan fingerprint density at radius 1 is 0.700 bits per heavy atom. The maximum Gasteiger partial charge on any atom is 0.345 e. The Bertz CT molecular complexity index is 1160. The zero-order valence-electron chi connectivity index (χ0n) is 14.8. The van der Waals surface area contributed by atoms with Crippen molar-refractivity contribution in [1.29, 1.82) is 0 Å². The first kappa shape index (κ1) is 22.1. The molecule has 0 amide bonds. The number of carbonyl (C=O) groups excluding carboxylic acids is 3. The molecule has 0 aliphatic rings. The van der Waals surface area contributed by atoms with Crippen molar-refractivity contribution in [2.45, 2.75) is 0 Å². The van der Waals surface area contributed by atoms with E-state index in [-0.39, 0.29) is 38.2 Å². The molecule has 0 fully saturated rings. The minimum Gasteiger partial charge on any atom is -0.423 e. The summed E-state index contributed by atoms with van der Waals surface area (Å²) < 4.78 is 10.5. The molecular weight excluding hydrogens is 474 g/mol. The molecule has 0 aromatic heterocycles. The van der Waals surface area contributed by atoms with Crippen LogP contribution < -0.4 is 9.47 Å². The molecule has 0 bridgehead atoms. The molecule has 9 heteroatoms.